The first-order chi connectivity index (χ1) is 9.25. The predicted octanol–water partition coefficient (Wildman–Crippen LogP) is 3.78. The number of aromatic nitrogens is 2. The molecular formula is C16H22FN3. The Hall–Kier alpha value is -1.84. The molecule has 0 amide bonds. The van der Waals surface area contributed by atoms with Crippen molar-refractivity contribution >= 4 is 5.69 Å². The second-order valence-electron chi connectivity index (χ2n) is 6.30. The van der Waals surface area contributed by atoms with Gasteiger partial charge in [0.05, 0.1) is 5.69 Å². The molecule has 0 spiro atoms. The molecule has 20 heavy (non-hydrogen) atoms. The number of halogens is 1. The van der Waals surface area contributed by atoms with Crippen molar-refractivity contribution in [3.63, 3.8) is 0 Å². The van der Waals surface area contributed by atoms with Gasteiger partial charge in [-0.3, -0.25) is 4.68 Å². The van der Waals surface area contributed by atoms with Crippen LogP contribution < -0.4 is 5.32 Å². The van der Waals surface area contributed by atoms with Gasteiger partial charge in [-0.05, 0) is 30.7 Å². The van der Waals surface area contributed by atoms with Crippen LogP contribution in [0.4, 0.5) is 10.1 Å². The molecule has 0 radical (unpaired) electrons. The summed E-state index contributed by atoms with van der Waals surface area (Å²) in [6, 6.07) is 4.98. The van der Waals surface area contributed by atoms with E-state index in [0.29, 0.717) is 6.54 Å². The van der Waals surface area contributed by atoms with E-state index in [4.69, 9.17) is 0 Å². The average molecular weight is 275 g/mol. The first-order valence-electron chi connectivity index (χ1n) is 6.80. The highest BCUT2D eigenvalue weighted by Gasteiger charge is 2.21. The molecule has 0 aliphatic carbocycles. The number of aryl methyl sites for hydroxylation is 2. The third kappa shape index (κ3) is 3.38. The lowest BCUT2D eigenvalue weighted by atomic mass is 9.89. The Morgan fingerprint density at radius 3 is 2.55 bits per heavy atom. The SMILES string of the molecule is Cc1cc(F)cc(NCc2cn(C)nc2C(C)(C)C)c1. The summed E-state index contributed by atoms with van der Waals surface area (Å²) >= 11 is 0. The second-order valence-corrected chi connectivity index (χ2v) is 6.30. The number of rotatable bonds is 3. The van der Waals surface area contributed by atoms with Gasteiger partial charge in [-0.15, -0.1) is 0 Å². The van der Waals surface area contributed by atoms with Gasteiger partial charge in [-0.2, -0.15) is 5.10 Å². The molecular weight excluding hydrogens is 253 g/mol. The molecule has 1 aromatic heterocycles. The maximum atomic E-state index is 13.4. The minimum atomic E-state index is -0.213. The summed E-state index contributed by atoms with van der Waals surface area (Å²) in [5, 5.41) is 7.81. The molecule has 0 atom stereocenters. The quantitative estimate of drug-likeness (QED) is 0.924. The predicted molar refractivity (Wildman–Crippen MR) is 80.4 cm³/mol. The van der Waals surface area contributed by atoms with Gasteiger partial charge in [-0.25, -0.2) is 4.39 Å². The number of anilines is 1. The fraction of sp³-hybridized carbons (Fsp3) is 0.438. The van der Waals surface area contributed by atoms with Crippen LogP contribution in [0.3, 0.4) is 0 Å². The normalized spacial score (nSPS) is 11.7. The Kier molecular flexibility index (Phi) is 3.84. The number of nitrogens with zero attached hydrogens (tertiary/aromatic N) is 2. The van der Waals surface area contributed by atoms with Crippen LogP contribution in [0, 0.1) is 12.7 Å². The van der Waals surface area contributed by atoms with Gasteiger partial charge in [0, 0.05) is 36.5 Å². The van der Waals surface area contributed by atoms with Crippen LogP contribution in [0.15, 0.2) is 24.4 Å². The third-order valence-corrected chi connectivity index (χ3v) is 3.14. The highest BCUT2D eigenvalue weighted by Crippen LogP contribution is 2.25. The first kappa shape index (κ1) is 14.6. The molecule has 1 N–H and O–H groups in total. The molecule has 3 nitrogen and oxygen atoms in total. The molecule has 0 saturated carbocycles. The maximum Gasteiger partial charge on any atom is 0.125 e. The monoisotopic (exact) mass is 275 g/mol. The zero-order valence-electron chi connectivity index (χ0n) is 12.8. The molecule has 0 fully saturated rings. The maximum absolute atomic E-state index is 13.4. The number of hydrogen-bond acceptors (Lipinski definition) is 2. The summed E-state index contributed by atoms with van der Waals surface area (Å²) < 4.78 is 15.2. The van der Waals surface area contributed by atoms with Crippen molar-refractivity contribution in [2.45, 2.75) is 39.7 Å². The van der Waals surface area contributed by atoms with Crippen LogP contribution >= 0.6 is 0 Å². The molecule has 0 aliphatic heterocycles. The van der Waals surface area contributed by atoms with Gasteiger partial charge in [-0.1, -0.05) is 20.8 Å². The standard InChI is InChI=1S/C16H22FN3/c1-11-6-13(17)8-14(7-11)18-9-12-10-20(5)19-15(12)16(2,3)4/h6-8,10,18H,9H2,1-5H3. The Morgan fingerprint density at radius 2 is 1.95 bits per heavy atom. The van der Waals surface area contributed by atoms with Gasteiger partial charge in [0.15, 0.2) is 0 Å². The summed E-state index contributed by atoms with van der Waals surface area (Å²) in [7, 11) is 1.92. The Balaban J connectivity index is 2.19. The molecule has 0 bridgehead atoms. The molecule has 2 aromatic rings. The van der Waals surface area contributed by atoms with Gasteiger partial charge >= 0.3 is 0 Å². The van der Waals surface area contributed by atoms with Gasteiger partial charge in [0.2, 0.25) is 0 Å². The molecule has 0 saturated heterocycles. The molecule has 1 aromatic carbocycles. The van der Waals surface area contributed by atoms with E-state index in [9.17, 15) is 4.39 Å². The van der Waals surface area contributed by atoms with E-state index in [-0.39, 0.29) is 11.2 Å². The van der Waals surface area contributed by atoms with E-state index < -0.39 is 0 Å². The number of nitrogens with one attached hydrogen (secondary N) is 1. The molecule has 4 heteroatoms. The van der Waals surface area contributed by atoms with Crippen molar-refractivity contribution in [3.05, 3.63) is 47.0 Å². The fourth-order valence-corrected chi connectivity index (χ4v) is 2.33. The molecule has 0 aliphatic rings. The van der Waals surface area contributed by atoms with Crippen molar-refractivity contribution < 1.29 is 4.39 Å². The van der Waals surface area contributed by atoms with E-state index in [2.05, 4.69) is 31.2 Å². The van der Waals surface area contributed by atoms with Crippen LogP contribution in [0.1, 0.15) is 37.6 Å². The van der Waals surface area contributed by atoms with Crippen LogP contribution in [-0.4, -0.2) is 9.78 Å². The first-order valence-corrected chi connectivity index (χ1v) is 6.80. The molecule has 1 heterocycles. The topological polar surface area (TPSA) is 29.9 Å². The summed E-state index contributed by atoms with van der Waals surface area (Å²) in [4.78, 5) is 0. The van der Waals surface area contributed by atoms with Crippen LogP contribution in [0.2, 0.25) is 0 Å². The largest absolute Gasteiger partial charge is 0.381 e. The smallest absolute Gasteiger partial charge is 0.125 e. The van der Waals surface area contributed by atoms with E-state index in [1.807, 2.05) is 30.9 Å². The summed E-state index contributed by atoms with van der Waals surface area (Å²) in [5.74, 6) is -0.213. The Labute approximate surface area is 119 Å². The highest BCUT2D eigenvalue weighted by atomic mass is 19.1. The number of hydrogen-bond donors (Lipinski definition) is 1. The molecule has 2 rings (SSSR count). The average Bonchev–Trinajstić information content (AvgIpc) is 2.66. The third-order valence-electron chi connectivity index (χ3n) is 3.14. The fourth-order valence-electron chi connectivity index (χ4n) is 2.33. The Bertz CT molecular complexity index is 588. The lowest BCUT2D eigenvalue weighted by Gasteiger charge is -2.18. The van der Waals surface area contributed by atoms with E-state index in [1.54, 1.807) is 0 Å². The lowest BCUT2D eigenvalue weighted by molar-refractivity contribution is 0.549. The zero-order chi connectivity index (χ0) is 14.9. The van der Waals surface area contributed by atoms with Crippen molar-refractivity contribution in [3.8, 4) is 0 Å². The van der Waals surface area contributed by atoms with Crippen LogP contribution in [0.25, 0.3) is 0 Å². The number of benzene rings is 1. The van der Waals surface area contributed by atoms with Crippen molar-refractivity contribution in [2.75, 3.05) is 5.32 Å². The minimum Gasteiger partial charge on any atom is -0.381 e. The van der Waals surface area contributed by atoms with Crippen molar-refractivity contribution in [1.82, 2.24) is 9.78 Å². The van der Waals surface area contributed by atoms with Crippen molar-refractivity contribution in [2.24, 2.45) is 7.05 Å². The summed E-state index contributed by atoms with van der Waals surface area (Å²) in [5.41, 5.74) is 3.92. The second kappa shape index (κ2) is 5.27. The molecule has 108 valence electrons. The van der Waals surface area contributed by atoms with Gasteiger partial charge < -0.3 is 5.32 Å². The van der Waals surface area contributed by atoms with Gasteiger partial charge in [0.25, 0.3) is 0 Å². The minimum absolute atomic E-state index is 0.00384. The van der Waals surface area contributed by atoms with E-state index in [0.717, 1.165) is 22.5 Å². The van der Waals surface area contributed by atoms with Crippen molar-refractivity contribution in [1.29, 1.82) is 0 Å². The summed E-state index contributed by atoms with van der Waals surface area (Å²) in [6.45, 7) is 8.96. The molecule has 0 unspecified atom stereocenters. The van der Waals surface area contributed by atoms with Crippen LogP contribution in [-0.2, 0) is 19.0 Å². The highest BCUT2D eigenvalue weighted by molar-refractivity contribution is 5.46. The Morgan fingerprint density at radius 1 is 1.25 bits per heavy atom. The summed E-state index contributed by atoms with van der Waals surface area (Å²) in [6.07, 6.45) is 2.01. The van der Waals surface area contributed by atoms with E-state index >= 15 is 0 Å². The van der Waals surface area contributed by atoms with Gasteiger partial charge in [0.1, 0.15) is 5.82 Å². The van der Waals surface area contributed by atoms with E-state index in [1.165, 1.54) is 12.1 Å². The zero-order valence-corrected chi connectivity index (χ0v) is 12.8. The van der Waals surface area contributed by atoms with Crippen LogP contribution in [0.5, 0.6) is 0 Å². The lowest BCUT2D eigenvalue weighted by Crippen LogP contribution is -2.16.